The van der Waals surface area contributed by atoms with Gasteiger partial charge < -0.3 is 14.0 Å². The molecule has 0 atom stereocenters. The van der Waals surface area contributed by atoms with Crippen molar-refractivity contribution in [3.8, 4) is 28.3 Å². The molecular weight excluding hydrogens is 812 g/mol. The van der Waals surface area contributed by atoms with Crippen LogP contribution in [0.2, 0.25) is 0 Å². The summed E-state index contributed by atoms with van der Waals surface area (Å²) in [4.78, 5) is 14.0. The molecule has 4 aromatic carbocycles. The van der Waals surface area contributed by atoms with Crippen molar-refractivity contribution >= 4 is 33.0 Å². The molecule has 0 saturated heterocycles. The van der Waals surface area contributed by atoms with Gasteiger partial charge in [-0.1, -0.05) is 87.2 Å². The first kappa shape index (κ1) is 32.0. The van der Waals surface area contributed by atoms with Crippen molar-refractivity contribution in [3.05, 3.63) is 143 Å². The molecule has 1 radical (unpaired) electrons. The van der Waals surface area contributed by atoms with Crippen LogP contribution in [-0.2, 0) is 20.1 Å². The van der Waals surface area contributed by atoms with Crippen LogP contribution in [-0.4, -0.2) is 19.5 Å². The van der Waals surface area contributed by atoms with Crippen LogP contribution in [0.1, 0.15) is 71.7 Å². The zero-order chi connectivity index (χ0) is 37.6. The molecule has 0 saturated carbocycles. The van der Waals surface area contributed by atoms with Crippen LogP contribution in [0.3, 0.4) is 0 Å². The number of aromatic nitrogens is 4. The zero-order valence-corrected chi connectivity index (χ0v) is 31.7. The van der Waals surface area contributed by atoms with Gasteiger partial charge in [0.05, 0.1) is 28.1 Å². The van der Waals surface area contributed by atoms with E-state index in [2.05, 4.69) is 91.8 Å². The molecule has 0 aliphatic heterocycles. The van der Waals surface area contributed by atoms with Gasteiger partial charge in [0, 0.05) is 53.0 Å². The third kappa shape index (κ3) is 6.89. The molecule has 4 aromatic heterocycles. The van der Waals surface area contributed by atoms with E-state index in [1.54, 1.807) is 12.1 Å². The Hall–Kier alpha value is -4.97. The van der Waals surface area contributed by atoms with E-state index >= 15 is 0 Å². The average Bonchev–Trinajstić information content (AvgIpc) is 3.70. The van der Waals surface area contributed by atoms with Gasteiger partial charge in [-0.3, -0.25) is 14.4 Å². The van der Waals surface area contributed by atoms with Gasteiger partial charge in [-0.15, -0.1) is 48.0 Å². The number of para-hydroxylation sites is 2. The summed E-state index contributed by atoms with van der Waals surface area (Å²) in [7, 11) is 0. The third-order valence-electron chi connectivity index (χ3n) is 8.89. The Morgan fingerprint density at radius 3 is 2.27 bits per heavy atom. The zero-order valence-electron chi connectivity index (χ0n) is 32.3. The molecule has 0 aliphatic rings. The second-order valence-electron chi connectivity index (χ2n) is 13.1. The van der Waals surface area contributed by atoms with Crippen LogP contribution >= 0.6 is 0 Å². The molecule has 5 nitrogen and oxygen atoms in total. The van der Waals surface area contributed by atoms with E-state index in [-0.39, 0.29) is 31.5 Å². The standard InChI is InChI=1S/C32H30N3O.C12H9FN.Ir/c1-18(2)22-12-9-13-23(19(3)4)30(22)35-27-17-20(5)33-21(6)29(27)34-32(35)26-15-10-14-25-24-11-7-8-16-28(24)36-31(25)26;1-9-2-7-12(14-8-9)10-3-5-11(13)6-4-10;/h7-14,16-19H,1-6H3;2-3,5-8H,1H3;/q2*-1;/i;1D3;. The van der Waals surface area contributed by atoms with E-state index in [9.17, 15) is 4.39 Å². The summed E-state index contributed by atoms with van der Waals surface area (Å²) in [6.45, 7) is 11.0. The summed E-state index contributed by atoms with van der Waals surface area (Å²) >= 11 is 0. The number of benzene rings is 4. The number of furan rings is 1. The predicted octanol–water partition coefficient (Wildman–Crippen LogP) is 11.6. The second kappa shape index (κ2) is 14.7. The average molecular weight is 854 g/mol. The maximum absolute atomic E-state index is 12.7. The van der Waals surface area contributed by atoms with E-state index in [1.165, 1.54) is 41.2 Å². The molecule has 0 aliphatic carbocycles. The number of rotatable bonds is 5. The van der Waals surface area contributed by atoms with Crippen LogP contribution in [0.5, 0.6) is 0 Å². The molecule has 259 valence electrons. The fourth-order valence-corrected chi connectivity index (χ4v) is 6.52. The second-order valence-corrected chi connectivity index (χ2v) is 13.1. The fourth-order valence-electron chi connectivity index (χ4n) is 6.52. The molecule has 4 heterocycles. The monoisotopic (exact) mass is 854 g/mol. The van der Waals surface area contributed by atoms with Gasteiger partial charge >= 0.3 is 0 Å². The number of hydrogen-bond acceptors (Lipinski definition) is 4. The Morgan fingerprint density at radius 2 is 1.61 bits per heavy atom. The van der Waals surface area contributed by atoms with E-state index in [0.717, 1.165) is 55.7 Å². The van der Waals surface area contributed by atoms with Crippen LogP contribution in [0.4, 0.5) is 4.39 Å². The first-order valence-corrected chi connectivity index (χ1v) is 16.8. The summed E-state index contributed by atoms with van der Waals surface area (Å²) in [5.41, 5.74) is 11.6. The van der Waals surface area contributed by atoms with Crippen molar-refractivity contribution in [2.75, 3.05) is 0 Å². The predicted molar refractivity (Wildman–Crippen MR) is 201 cm³/mol. The van der Waals surface area contributed by atoms with Crippen LogP contribution in [0.25, 0.3) is 61.3 Å². The smallest absolute Gasteiger partial charge is 0.120 e. The quantitative estimate of drug-likeness (QED) is 0.162. The first-order valence-electron chi connectivity index (χ1n) is 18.3. The summed E-state index contributed by atoms with van der Waals surface area (Å²) in [5.74, 6) is 1.16. The van der Waals surface area contributed by atoms with Crippen molar-refractivity contribution in [2.45, 2.75) is 60.2 Å². The van der Waals surface area contributed by atoms with Crippen molar-refractivity contribution in [2.24, 2.45) is 0 Å². The first-order chi connectivity index (χ1) is 25.3. The Bertz CT molecular complexity index is 2570. The van der Waals surface area contributed by atoms with E-state index < -0.39 is 6.85 Å². The molecule has 0 unspecified atom stereocenters. The Balaban J connectivity index is 0.000000233. The van der Waals surface area contributed by atoms with Gasteiger partial charge in [-0.25, -0.2) is 0 Å². The van der Waals surface area contributed by atoms with Crippen molar-refractivity contribution in [1.82, 2.24) is 19.5 Å². The van der Waals surface area contributed by atoms with Crippen LogP contribution in [0.15, 0.2) is 102 Å². The van der Waals surface area contributed by atoms with Crippen LogP contribution in [0, 0.1) is 38.6 Å². The molecular formula is C44H39FIrN4O-2. The SMILES string of the molecule is Cc1cc2c(nc(-c3[c-]ccc4c3oc3ccccc34)n2-c2c(C(C)C)cccc2C(C)C)c(C)n1.[2H]C([2H])([2H])c1ccc(-c2[c-]cc(F)cc2)nc1.[Ir]. The molecule has 0 spiro atoms. The summed E-state index contributed by atoms with van der Waals surface area (Å²) in [6.07, 6.45) is 1.31. The van der Waals surface area contributed by atoms with Crippen molar-refractivity contribution in [1.29, 1.82) is 0 Å². The summed E-state index contributed by atoms with van der Waals surface area (Å²) < 4.78 is 43.1. The van der Waals surface area contributed by atoms with Crippen molar-refractivity contribution in [3.63, 3.8) is 0 Å². The number of nitrogens with zero attached hydrogens (tertiary/aromatic N) is 4. The Labute approximate surface area is 316 Å². The van der Waals surface area contributed by atoms with Crippen molar-refractivity contribution < 1.29 is 33.0 Å². The number of fused-ring (bicyclic) bond motifs is 4. The number of imidazole rings is 1. The molecule has 8 aromatic rings. The Kier molecular flexibility index (Phi) is 9.22. The van der Waals surface area contributed by atoms with Crippen LogP contribution < -0.4 is 0 Å². The number of aryl methyl sites for hydroxylation is 3. The fraction of sp³-hybridized carbons (Fsp3) is 0.205. The minimum absolute atomic E-state index is 0. The molecule has 0 N–H and O–H groups in total. The molecule has 7 heteroatoms. The summed E-state index contributed by atoms with van der Waals surface area (Å²) in [6, 6.07) is 34.4. The largest absolute Gasteiger partial charge is 0.501 e. The maximum Gasteiger partial charge on any atom is 0.120 e. The molecule has 8 rings (SSSR count). The van der Waals surface area contributed by atoms with Gasteiger partial charge in [-0.2, -0.15) is 0 Å². The minimum Gasteiger partial charge on any atom is -0.501 e. The number of pyridine rings is 2. The minimum atomic E-state index is -2.15. The normalized spacial score (nSPS) is 12.5. The van der Waals surface area contributed by atoms with Gasteiger partial charge in [-0.05, 0) is 67.1 Å². The number of halogens is 1. The topological polar surface area (TPSA) is 56.7 Å². The number of hydrogen-bond donors (Lipinski definition) is 0. The van der Waals surface area contributed by atoms with Gasteiger partial charge in [0.15, 0.2) is 0 Å². The molecule has 51 heavy (non-hydrogen) atoms. The van der Waals surface area contributed by atoms with E-state index in [1.807, 2.05) is 32.0 Å². The molecule has 0 bridgehead atoms. The van der Waals surface area contributed by atoms with E-state index in [4.69, 9.17) is 18.5 Å². The van der Waals surface area contributed by atoms with E-state index in [0.29, 0.717) is 23.1 Å². The third-order valence-corrected chi connectivity index (χ3v) is 8.89. The van der Waals surface area contributed by atoms with Gasteiger partial charge in [0.1, 0.15) is 5.58 Å². The maximum atomic E-state index is 12.7. The molecule has 0 fully saturated rings. The van der Waals surface area contributed by atoms with Gasteiger partial charge in [0.25, 0.3) is 0 Å². The molecule has 0 amide bonds. The van der Waals surface area contributed by atoms with Gasteiger partial charge in [0.2, 0.25) is 0 Å². The summed E-state index contributed by atoms with van der Waals surface area (Å²) in [5, 5.41) is 2.18. The Morgan fingerprint density at radius 1 is 0.843 bits per heavy atom.